The Labute approximate surface area is 170 Å². The Morgan fingerprint density at radius 1 is 1.17 bits per heavy atom. The van der Waals surface area contributed by atoms with E-state index in [1.807, 2.05) is 18.2 Å². The Hall–Kier alpha value is -2.87. The monoisotopic (exact) mass is 416 g/mol. The van der Waals surface area contributed by atoms with Crippen LogP contribution in [0.15, 0.2) is 48.5 Å². The van der Waals surface area contributed by atoms with E-state index in [0.717, 1.165) is 31.1 Å². The number of carbonyl (C=O) groups excluding carboxylic acids is 2. The first-order valence-corrected chi connectivity index (χ1v) is 11.2. The zero-order valence-corrected chi connectivity index (χ0v) is 17.2. The number of esters is 1. The molecular formula is C21H24N2O5S. The molecule has 7 nitrogen and oxygen atoms in total. The molecule has 1 amide bonds. The fourth-order valence-electron chi connectivity index (χ4n) is 3.54. The molecule has 1 atom stereocenters. The molecule has 0 aromatic heterocycles. The third-order valence-corrected chi connectivity index (χ3v) is 5.53. The Morgan fingerprint density at radius 3 is 2.69 bits per heavy atom. The van der Waals surface area contributed by atoms with Crippen molar-refractivity contribution in [2.45, 2.75) is 25.3 Å². The highest BCUT2D eigenvalue weighted by atomic mass is 32.2. The highest BCUT2D eigenvalue weighted by Crippen LogP contribution is 2.33. The van der Waals surface area contributed by atoms with Gasteiger partial charge in [-0.2, -0.15) is 0 Å². The number of likely N-dealkylation sites (N-methyl/N-ethyl adjacent to an activating group) is 1. The van der Waals surface area contributed by atoms with Crippen LogP contribution in [0.3, 0.4) is 0 Å². The van der Waals surface area contributed by atoms with Crippen molar-refractivity contribution in [2.75, 3.05) is 24.6 Å². The van der Waals surface area contributed by atoms with Gasteiger partial charge in [0, 0.05) is 12.7 Å². The Balaban J connectivity index is 1.62. The van der Waals surface area contributed by atoms with E-state index in [-0.39, 0.29) is 29.8 Å². The summed E-state index contributed by atoms with van der Waals surface area (Å²) in [6.45, 7) is -0.377. The number of carbonyl (C=O) groups is 2. The number of fused-ring (bicyclic) bond motifs is 1. The van der Waals surface area contributed by atoms with Crippen LogP contribution < -0.4 is 4.72 Å². The van der Waals surface area contributed by atoms with Gasteiger partial charge in [-0.15, -0.1) is 0 Å². The van der Waals surface area contributed by atoms with Gasteiger partial charge >= 0.3 is 5.97 Å². The summed E-state index contributed by atoms with van der Waals surface area (Å²) in [5, 5.41) is 0. The average Bonchev–Trinajstić information content (AvgIpc) is 2.69. The van der Waals surface area contributed by atoms with Gasteiger partial charge in [0.05, 0.1) is 17.9 Å². The maximum atomic E-state index is 12.6. The summed E-state index contributed by atoms with van der Waals surface area (Å²) in [4.78, 5) is 26.5. The molecule has 8 heteroatoms. The third-order valence-electron chi connectivity index (χ3n) is 4.93. The SMILES string of the molecule is CN(C(=O)COC(=O)c1cccc(NS(C)(=O)=O)c1)C1CCCc2ccccc21. The average molecular weight is 416 g/mol. The molecule has 2 aromatic carbocycles. The quantitative estimate of drug-likeness (QED) is 0.731. The summed E-state index contributed by atoms with van der Waals surface area (Å²) in [6, 6.07) is 14.0. The highest BCUT2D eigenvalue weighted by molar-refractivity contribution is 7.92. The van der Waals surface area contributed by atoms with Crippen LogP contribution >= 0.6 is 0 Å². The fraction of sp³-hybridized carbons (Fsp3) is 0.333. The number of nitrogens with one attached hydrogen (secondary N) is 1. The standard InChI is InChI=1S/C21H24N2O5S/c1-23(19-12-6-8-15-7-3-4-11-18(15)19)20(24)14-28-21(25)16-9-5-10-17(13-16)22-29(2,26)27/h3-5,7,9-11,13,19,22H,6,8,12,14H2,1-2H3. The minimum absolute atomic E-state index is 0.0339. The Kier molecular flexibility index (Phi) is 6.22. The molecule has 0 saturated carbocycles. The highest BCUT2D eigenvalue weighted by Gasteiger charge is 2.27. The van der Waals surface area contributed by atoms with Gasteiger partial charge in [-0.25, -0.2) is 13.2 Å². The molecule has 154 valence electrons. The van der Waals surface area contributed by atoms with E-state index in [0.29, 0.717) is 0 Å². The van der Waals surface area contributed by atoms with Crippen molar-refractivity contribution in [1.82, 2.24) is 4.90 Å². The van der Waals surface area contributed by atoms with Crippen molar-refractivity contribution in [1.29, 1.82) is 0 Å². The van der Waals surface area contributed by atoms with Crippen molar-refractivity contribution in [3.63, 3.8) is 0 Å². The number of nitrogens with zero attached hydrogens (tertiary/aromatic N) is 1. The molecular weight excluding hydrogens is 392 g/mol. The smallest absolute Gasteiger partial charge is 0.338 e. The van der Waals surface area contributed by atoms with Crippen molar-refractivity contribution >= 4 is 27.6 Å². The number of rotatable bonds is 6. The van der Waals surface area contributed by atoms with E-state index < -0.39 is 16.0 Å². The molecule has 2 aromatic rings. The lowest BCUT2D eigenvalue weighted by Crippen LogP contribution is -2.36. The normalized spacial score (nSPS) is 15.9. The van der Waals surface area contributed by atoms with Crippen molar-refractivity contribution in [3.05, 3.63) is 65.2 Å². The molecule has 1 N–H and O–H groups in total. The van der Waals surface area contributed by atoms with Gasteiger partial charge in [0.25, 0.3) is 5.91 Å². The van der Waals surface area contributed by atoms with Crippen LogP contribution in [0.25, 0.3) is 0 Å². The second-order valence-electron chi connectivity index (χ2n) is 7.14. The molecule has 0 heterocycles. The van der Waals surface area contributed by atoms with Crippen LogP contribution in [0, 0.1) is 0 Å². The molecule has 0 saturated heterocycles. The van der Waals surface area contributed by atoms with Crippen LogP contribution in [0.5, 0.6) is 0 Å². The molecule has 0 bridgehead atoms. The fourth-order valence-corrected chi connectivity index (χ4v) is 4.10. The zero-order chi connectivity index (χ0) is 21.0. The maximum Gasteiger partial charge on any atom is 0.338 e. The van der Waals surface area contributed by atoms with E-state index in [9.17, 15) is 18.0 Å². The van der Waals surface area contributed by atoms with Gasteiger partial charge in [0.15, 0.2) is 6.61 Å². The molecule has 1 aliphatic rings. The molecule has 3 rings (SSSR count). The van der Waals surface area contributed by atoms with Crippen LogP contribution in [0.2, 0.25) is 0 Å². The molecule has 29 heavy (non-hydrogen) atoms. The maximum absolute atomic E-state index is 12.6. The number of sulfonamides is 1. The van der Waals surface area contributed by atoms with Crippen LogP contribution in [0.1, 0.15) is 40.4 Å². The van der Waals surface area contributed by atoms with E-state index in [1.54, 1.807) is 11.9 Å². The van der Waals surface area contributed by atoms with E-state index in [2.05, 4.69) is 10.8 Å². The largest absolute Gasteiger partial charge is 0.452 e. The lowest BCUT2D eigenvalue weighted by atomic mass is 9.87. The van der Waals surface area contributed by atoms with Gasteiger partial charge in [0.2, 0.25) is 10.0 Å². The Morgan fingerprint density at radius 2 is 1.93 bits per heavy atom. The summed E-state index contributed by atoms with van der Waals surface area (Å²) < 4.78 is 30.1. The van der Waals surface area contributed by atoms with Crippen molar-refractivity contribution < 1.29 is 22.7 Å². The van der Waals surface area contributed by atoms with Gasteiger partial charge in [0.1, 0.15) is 0 Å². The third kappa shape index (κ3) is 5.35. The molecule has 1 aliphatic carbocycles. The molecule has 0 spiro atoms. The number of amides is 1. The lowest BCUT2D eigenvalue weighted by Gasteiger charge is -2.33. The van der Waals surface area contributed by atoms with Gasteiger partial charge in [-0.1, -0.05) is 30.3 Å². The Bertz CT molecular complexity index is 1020. The topological polar surface area (TPSA) is 92.8 Å². The van der Waals surface area contributed by atoms with Gasteiger partial charge in [-0.3, -0.25) is 9.52 Å². The molecule has 0 aliphatic heterocycles. The number of ether oxygens (including phenoxy) is 1. The summed E-state index contributed by atoms with van der Waals surface area (Å²) in [5.41, 5.74) is 2.80. The van der Waals surface area contributed by atoms with Gasteiger partial charge < -0.3 is 9.64 Å². The van der Waals surface area contributed by atoms with E-state index >= 15 is 0 Å². The second kappa shape index (κ2) is 8.65. The summed E-state index contributed by atoms with van der Waals surface area (Å²) in [5.74, 6) is -0.974. The summed E-state index contributed by atoms with van der Waals surface area (Å²) in [6.07, 6.45) is 3.89. The van der Waals surface area contributed by atoms with E-state index in [4.69, 9.17) is 4.74 Å². The first-order valence-electron chi connectivity index (χ1n) is 9.33. The number of benzene rings is 2. The van der Waals surface area contributed by atoms with Crippen molar-refractivity contribution in [3.8, 4) is 0 Å². The zero-order valence-electron chi connectivity index (χ0n) is 16.4. The van der Waals surface area contributed by atoms with Crippen LogP contribution in [0.4, 0.5) is 5.69 Å². The minimum Gasteiger partial charge on any atom is -0.452 e. The minimum atomic E-state index is -3.46. The number of hydrogen-bond donors (Lipinski definition) is 1. The van der Waals surface area contributed by atoms with E-state index in [1.165, 1.54) is 29.8 Å². The summed E-state index contributed by atoms with van der Waals surface area (Å²) >= 11 is 0. The predicted molar refractivity (Wildman–Crippen MR) is 110 cm³/mol. The predicted octanol–water partition coefficient (Wildman–Crippen LogP) is 2.75. The van der Waals surface area contributed by atoms with Crippen LogP contribution in [-0.2, 0) is 26.0 Å². The first-order chi connectivity index (χ1) is 13.7. The number of aryl methyl sites for hydroxylation is 1. The molecule has 0 fully saturated rings. The summed E-state index contributed by atoms with van der Waals surface area (Å²) in [7, 11) is -1.73. The lowest BCUT2D eigenvalue weighted by molar-refractivity contribution is -0.135. The number of hydrogen-bond acceptors (Lipinski definition) is 5. The van der Waals surface area contributed by atoms with Crippen LogP contribution in [-0.4, -0.2) is 45.1 Å². The van der Waals surface area contributed by atoms with Gasteiger partial charge in [-0.05, 0) is 48.6 Å². The molecule has 0 radical (unpaired) electrons. The molecule has 1 unspecified atom stereocenters. The number of anilines is 1. The second-order valence-corrected chi connectivity index (χ2v) is 8.89. The van der Waals surface area contributed by atoms with Crippen molar-refractivity contribution in [2.24, 2.45) is 0 Å². The first kappa shape index (κ1) is 20.9.